The summed E-state index contributed by atoms with van der Waals surface area (Å²) < 4.78 is 27.1. The van der Waals surface area contributed by atoms with E-state index in [1.165, 1.54) is 39.7 Å². The Balaban J connectivity index is 1.36. The largest absolute Gasteiger partial charge is 0.349 e. The second-order valence-corrected chi connectivity index (χ2v) is 9.55. The van der Waals surface area contributed by atoms with Gasteiger partial charge in [0.1, 0.15) is 0 Å². The van der Waals surface area contributed by atoms with E-state index in [9.17, 15) is 13.2 Å². The molecule has 1 atom stereocenters. The first-order chi connectivity index (χ1) is 14.0. The lowest BCUT2D eigenvalue weighted by Gasteiger charge is -2.31. The van der Waals surface area contributed by atoms with Crippen LogP contribution in [0.5, 0.6) is 0 Å². The van der Waals surface area contributed by atoms with Crippen molar-refractivity contribution in [2.75, 3.05) is 13.1 Å². The van der Waals surface area contributed by atoms with Crippen molar-refractivity contribution < 1.29 is 13.2 Å². The number of nitriles is 1. The number of fused-ring (bicyclic) bond motifs is 1. The lowest BCUT2D eigenvalue weighted by Crippen LogP contribution is -2.43. The third kappa shape index (κ3) is 3.91. The summed E-state index contributed by atoms with van der Waals surface area (Å²) >= 11 is 0. The van der Waals surface area contributed by atoms with E-state index in [2.05, 4.69) is 17.4 Å². The molecule has 1 N–H and O–H groups in total. The summed E-state index contributed by atoms with van der Waals surface area (Å²) in [5.74, 6) is -0.155. The quantitative estimate of drug-likeness (QED) is 0.841. The standard InChI is InChI=1S/C22H23N3O3S/c23-15-16-5-8-19(9-6-16)29(27,28)25-13-11-18(12-14-25)22(26)24-21-10-7-17-3-1-2-4-20(17)21/h1-6,8-9,18,21H,7,10-14H2,(H,24,26)/t21-/m0/s1. The first kappa shape index (κ1) is 19.6. The third-order valence-corrected chi connectivity index (χ3v) is 7.81. The van der Waals surface area contributed by atoms with E-state index in [1.807, 2.05) is 18.2 Å². The summed E-state index contributed by atoms with van der Waals surface area (Å²) in [6, 6.07) is 16.2. The number of nitrogens with one attached hydrogen (secondary N) is 1. The van der Waals surface area contributed by atoms with Crippen molar-refractivity contribution in [1.82, 2.24) is 9.62 Å². The molecule has 1 heterocycles. The monoisotopic (exact) mass is 409 g/mol. The summed E-state index contributed by atoms with van der Waals surface area (Å²) in [7, 11) is -3.61. The third-order valence-electron chi connectivity index (χ3n) is 5.90. The number of rotatable bonds is 4. The van der Waals surface area contributed by atoms with Crippen molar-refractivity contribution in [3.05, 3.63) is 65.2 Å². The molecular weight excluding hydrogens is 386 g/mol. The number of benzene rings is 2. The Hall–Kier alpha value is -2.69. The normalized spacial score (nSPS) is 20.0. The first-order valence-corrected chi connectivity index (χ1v) is 11.3. The van der Waals surface area contributed by atoms with Crippen LogP contribution in [0.4, 0.5) is 0 Å². The van der Waals surface area contributed by atoms with Crippen LogP contribution in [-0.4, -0.2) is 31.7 Å². The van der Waals surface area contributed by atoms with Crippen LogP contribution in [0.2, 0.25) is 0 Å². The number of carbonyl (C=O) groups is 1. The molecule has 2 aromatic rings. The summed E-state index contributed by atoms with van der Waals surface area (Å²) in [4.78, 5) is 12.9. The van der Waals surface area contributed by atoms with E-state index in [1.54, 1.807) is 0 Å². The molecule has 4 rings (SSSR count). The molecule has 1 aliphatic heterocycles. The Morgan fingerprint density at radius 2 is 1.72 bits per heavy atom. The van der Waals surface area contributed by atoms with Gasteiger partial charge >= 0.3 is 0 Å². The van der Waals surface area contributed by atoms with Gasteiger partial charge in [-0.1, -0.05) is 24.3 Å². The Morgan fingerprint density at radius 3 is 2.41 bits per heavy atom. The van der Waals surface area contributed by atoms with Gasteiger partial charge in [0, 0.05) is 19.0 Å². The highest BCUT2D eigenvalue weighted by molar-refractivity contribution is 7.89. The number of aryl methyl sites for hydroxylation is 1. The molecule has 1 fully saturated rings. The van der Waals surface area contributed by atoms with Gasteiger partial charge in [0.2, 0.25) is 15.9 Å². The van der Waals surface area contributed by atoms with E-state index in [0.29, 0.717) is 31.5 Å². The van der Waals surface area contributed by atoms with Crippen LogP contribution in [0.15, 0.2) is 53.4 Å². The molecule has 7 heteroatoms. The minimum absolute atomic E-state index is 0.0159. The highest BCUT2D eigenvalue weighted by Gasteiger charge is 2.33. The van der Waals surface area contributed by atoms with Gasteiger partial charge in [-0.25, -0.2) is 8.42 Å². The maximum atomic E-state index is 12.8. The fourth-order valence-corrected chi connectivity index (χ4v) is 5.68. The van der Waals surface area contributed by atoms with Crippen molar-refractivity contribution >= 4 is 15.9 Å². The highest BCUT2D eigenvalue weighted by Crippen LogP contribution is 2.32. The second-order valence-electron chi connectivity index (χ2n) is 7.61. The smallest absolute Gasteiger partial charge is 0.243 e. The van der Waals surface area contributed by atoms with E-state index >= 15 is 0 Å². The number of hydrogen-bond acceptors (Lipinski definition) is 4. The van der Waals surface area contributed by atoms with Crippen LogP contribution in [0.3, 0.4) is 0 Å². The molecule has 2 aromatic carbocycles. The van der Waals surface area contributed by atoms with Crippen molar-refractivity contribution in [3.8, 4) is 6.07 Å². The maximum Gasteiger partial charge on any atom is 0.243 e. The molecule has 29 heavy (non-hydrogen) atoms. The van der Waals surface area contributed by atoms with Crippen LogP contribution in [-0.2, 0) is 21.2 Å². The number of hydrogen-bond donors (Lipinski definition) is 1. The molecule has 1 amide bonds. The average molecular weight is 410 g/mol. The molecule has 0 saturated carbocycles. The molecule has 1 saturated heterocycles. The molecular formula is C22H23N3O3S. The van der Waals surface area contributed by atoms with Crippen molar-refractivity contribution in [2.24, 2.45) is 5.92 Å². The van der Waals surface area contributed by atoms with Crippen LogP contribution in [0.25, 0.3) is 0 Å². The topological polar surface area (TPSA) is 90.3 Å². The molecule has 0 radical (unpaired) electrons. The molecule has 0 unspecified atom stereocenters. The molecule has 2 aliphatic rings. The fourth-order valence-electron chi connectivity index (χ4n) is 4.21. The van der Waals surface area contributed by atoms with E-state index in [-0.39, 0.29) is 22.8 Å². The zero-order chi connectivity index (χ0) is 20.4. The summed E-state index contributed by atoms with van der Waals surface area (Å²) in [6.07, 6.45) is 2.91. The Bertz CT molecular complexity index is 1050. The van der Waals surface area contributed by atoms with E-state index < -0.39 is 10.0 Å². The number of nitrogens with zero attached hydrogens (tertiary/aromatic N) is 2. The highest BCUT2D eigenvalue weighted by atomic mass is 32.2. The summed E-state index contributed by atoms with van der Waals surface area (Å²) in [5.41, 5.74) is 2.91. The molecule has 0 spiro atoms. The van der Waals surface area contributed by atoms with Gasteiger partial charge in [0.25, 0.3) is 0 Å². The van der Waals surface area contributed by atoms with Gasteiger partial charge in [-0.2, -0.15) is 9.57 Å². The van der Waals surface area contributed by atoms with E-state index in [4.69, 9.17) is 5.26 Å². The van der Waals surface area contributed by atoms with Gasteiger partial charge < -0.3 is 5.32 Å². The van der Waals surface area contributed by atoms with Crippen LogP contribution in [0.1, 0.15) is 42.0 Å². The number of piperidine rings is 1. The maximum absolute atomic E-state index is 12.8. The van der Waals surface area contributed by atoms with Crippen LogP contribution < -0.4 is 5.32 Å². The summed E-state index contributed by atoms with van der Waals surface area (Å²) in [6.45, 7) is 0.642. The average Bonchev–Trinajstić information content (AvgIpc) is 3.16. The Kier molecular flexibility index (Phi) is 5.39. The zero-order valence-corrected chi connectivity index (χ0v) is 16.9. The van der Waals surface area contributed by atoms with Gasteiger partial charge in [0.15, 0.2) is 0 Å². The summed E-state index contributed by atoms with van der Waals surface area (Å²) in [5, 5.41) is 12.0. The van der Waals surface area contributed by atoms with Gasteiger partial charge in [-0.05, 0) is 61.1 Å². The van der Waals surface area contributed by atoms with Crippen LogP contribution in [0, 0.1) is 17.2 Å². The molecule has 0 bridgehead atoms. The SMILES string of the molecule is N#Cc1ccc(S(=O)(=O)N2CCC(C(=O)N[C@H]3CCc4ccccc43)CC2)cc1. The fraction of sp³-hybridized carbons (Fsp3) is 0.364. The Morgan fingerprint density at radius 1 is 1.03 bits per heavy atom. The molecule has 150 valence electrons. The predicted octanol–water partition coefficient (Wildman–Crippen LogP) is 2.76. The number of carbonyl (C=O) groups excluding carboxylic acids is 1. The molecule has 1 aliphatic carbocycles. The Labute approximate surface area is 171 Å². The second kappa shape index (κ2) is 7.97. The minimum Gasteiger partial charge on any atom is -0.349 e. The van der Waals surface area contributed by atoms with Gasteiger partial charge in [-0.15, -0.1) is 0 Å². The first-order valence-electron chi connectivity index (χ1n) is 9.87. The van der Waals surface area contributed by atoms with Gasteiger partial charge in [0.05, 0.1) is 22.6 Å². The van der Waals surface area contributed by atoms with Crippen molar-refractivity contribution in [3.63, 3.8) is 0 Å². The van der Waals surface area contributed by atoms with Gasteiger partial charge in [-0.3, -0.25) is 4.79 Å². The van der Waals surface area contributed by atoms with Crippen LogP contribution >= 0.6 is 0 Å². The predicted molar refractivity (Wildman–Crippen MR) is 108 cm³/mol. The lowest BCUT2D eigenvalue weighted by atomic mass is 9.96. The number of sulfonamides is 1. The number of amides is 1. The zero-order valence-electron chi connectivity index (χ0n) is 16.0. The van der Waals surface area contributed by atoms with Crippen molar-refractivity contribution in [1.29, 1.82) is 5.26 Å². The molecule has 0 aromatic heterocycles. The lowest BCUT2D eigenvalue weighted by molar-refractivity contribution is -0.126. The van der Waals surface area contributed by atoms with Crippen molar-refractivity contribution in [2.45, 2.75) is 36.6 Å². The molecule has 6 nitrogen and oxygen atoms in total. The minimum atomic E-state index is -3.61. The van der Waals surface area contributed by atoms with E-state index in [0.717, 1.165) is 12.8 Å².